The summed E-state index contributed by atoms with van der Waals surface area (Å²) in [6.45, 7) is 4.24. The van der Waals surface area contributed by atoms with Gasteiger partial charge in [-0.3, -0.25) is 14.6 Å². The Bertz CT molecular complexity index is 915. The van der Waals surface area contributed by atoms with Gasteiger partial charge < -0.3 is 15.1 Å². The van der Waals surface area contributed by atoms with Gasteiger partial charge in [0.05, 0.1) is 18.7 Å². The molecular formula is C22H28N6O2. The lowest BCUT2D eigenvalue weighted by atomic mass is 9.96. The van der Waals surface area contributed by atoms with Crippen molar-refractivity contribution in [3.8, 4) is 0 Å². The van der Waals surface area contributed by atoms with Crippen LogP contribution < -0.4 is 5.32 Å². The molecule has 0 bridgehead atoms. The number of aromatic nitrogens is 3. The van der Waals surface area contributed by atoms with Crippen molar-refractivity contribution in [3.05, 3.63) is 47.2 Å². The van der Waals surface area contributed by atoms with Gasteiger partial charge in [-0.05, 0) is 25.0 Å². The Morgan fingerprint density at radius 1 is 1.20 bits per heavy atom. The van der Waals surface area contributed by atoms with Crippen LogP contribution in [0.3, 0.4) is 0 Å². The lowest BCUT2D eigenvalue weighted by molar-refractivity contribution is -0.131. The van der Waals surface area contributed by atoms with Gasteiger partial charge in [0.1, 0.15) is 11.6 Å². The molecule has 1 unspecified atom stereocenters. The average molecular weight is 409 g/mol. The second kappa shape index (κ2) is 8.77. The molecule has 0 spiro atoms. The number of fused-ring (bicyclic) bond motifs is 1. The Morgan fingerprint density at radius 2 is 2.07 bits per heavy atom. The smallest absolute Gasteiger partial charge is 0.228 e. The first kappa shape index (κ1) is 20.3. The zero-order valence-electron chi connectivity index (χ0n) is 17.6. The van der Waals surface area contributed by atoms with Gasteiger partial charge in [0.15, 0.2) is 0 Å². The standard InChI is InChI=1S/C22H28N6O2/c1-15(29)27-10-5-6-16(13-27)21-25-19-8-11-28(14-18(19)22(23-2)26-21)20(30)12-17-7-3-4-9-24-17/h3-4,7,9,16H,5-6,8,10-14H2,1-2H3,(H,23,25,26). The molecule has 2 aromatic rings. The monoisotopic (exact) mass is 408 g/mol. The first-order valence-electron chi connectivity index (χ1n) is 10.6. The number of carbonyl (C=O) groups is 2. The Morgan fingerprint density at radius 3 is 2.80 bits per heavy atom. The lowest BCUT2D eigenvalue weighted by Crippen LogP contribution is -2.39. The van der Waals surface area contributed by atoms with Crippen LogP contribution in [0.2, 0.25) is 0 Å². The van der Waals surface area contributed by atoms with E-state index in [1.165, 1.54) is 0 Å². The zero-order valence-corrected chi connectivity index (χ0v) is 17.6. The van der Waals surface area contributed by atoms with E-state index in [4.69, 9.17) is 9.97 Å². The average Bonchev–Trinajstić information content (AvgIpc) is 2.78. The Hall–Kier alpha value is -3.03. The molecular weight excluding hydrogens is 380 g/mol. The summed E-state index contributed by atoms with van der Waals surface area (Å²) in [5.74, 6) is 1.91. The minimum absolute atomic E-state index is 0.0647. The quantitative estimate of drug-likeness (QED) is 0.829. The molecule has 8 nitrogen and oxygen atoms in total. The Labute approximate surface area is 176 Å². The van der Waals surface area contributed by atoms with Crippen molar-refractivity contribution in [3.63, 3.8) is 0 Å². The third-order valence-electron chi connectivity index (χ3n) is 5.96. The molecule has 8 heteroatoms. The van der Waals surface area contributed by atoms with Crippen LogP contribution >= 0.6 is 0 Å². The number of anilines is 1. The summed E-state index contributed by atoms with van der Waals surface area (Å²) in [5, 5.41) is 3.20. The minimum Gasteiger partial charge on any atom is -0.373 e. The molecule has 158 valence electrons. The number of rotatable bonds is 4. The Kier molecular flexibility index (Phi) is 5.92. The molecule has 0 radical (unpaired) electrons. The summed E-state index contributed by atoms with van der Waals surface area (Å²) >= 11 is 0. The number of amides is 2. The molecule has 1 atom stereocenters. The third-order valence-corrected chi connectivity index (χ3v) is 5.96. The maximum Gasteiger partial charge on any atom is 0.228 e. The second-order valence-electron chi connectivity index (χ2n) is 7.97. The van der Waals surface area contributed by atoms with Gasteiger partial charge in [-0.1, -0.05) is 6.07 Å². The van der Waals surface area contributed by atoms with Crippen molar-refractivity contribution in [2.45, 2.75) is 45.1 Å². The fourth-order valence-corrected chi connectivity index (χ4v) is 4.28. The highest BCUT2D eigenvalue weighted by Crippen LogP contribution is 2.30. The third kappa shape index (κ3) is 4.27. The first-order chi connectivity index (χ1) is 14.5. The van der Waals surface area contributed by atoms with Crippen molar-refractivity contribution in [1.29, 1.82) is 0 Å². The predicted molar refractivity (Wildman–Crippen MR) is 113 cm³/mol. The van der Waals surface area contributed by atoms with Gasteiger partial charge in [0, 0.05) is 63.4 Å². The topological polar surface area (TPSA) is 91.3 Å². The van der Waals surface area contributed by atoms with Gasteiger partial charge in [0.25, 0.3) is 0 Å². The number of hydrogen-bond donors (Lipinski definition) is 1. The molecule has 1 saturated heterocycles. The summed E-state index contributed by atoms with van der Waals surface area (Å²) in [5.41, 5.74) is 2.77. The molecule has 2 amide bonds. The van der Waals surface area contributed by atoms with Crippen LogP contribution in [0.4, 0.5) is 5.82 Å². The van der Waals surface area contributed by atoms with Crippen LogP contribution in [0.1, 0.15) is 48.5 Å². The van der Waals surface area contributed by atoms with Crippen molar-refractivity contribution in [1.82, 2.24) is 24.8 Å². The zero-order chi connectivity index (χ0) is 21.1. The summed E-state index contributed by atoms with van der Waals surface area (Å²) < 4.78 is 0. The highest BCUT2D eigenvalue weighted by Gasteiger charge is 2.29. The maximum atomic E-state index is 12.8. The van der Waals surface area contributed by atoms with Crippen LogP contribution in [0, 0.1) is 0 Å². The van der Waals surface area contributed by atoms with E-state index in [2.05, 4.69) is 10.3 Å². The van der Waals surface area contributed by atoms with Crippen LogP contribution in [0.15, 0.2) is 24.4 Å². The van der Waals surface area contributed by atoms with Gasteiger partial charge in [0.2, 0.25) is 11.8 Å². The van der Waals surface area contributed by atoms with Crippen molar-refractivity contribution in [2.24, 2.45) is 0 Å². The summed E-state index contributed by atoms with van der Waals surface area (Å²) in [7, 11) is 1.85. The SMILES string of the molecule is CNc1nc(C2CCCN(C(C)=O)C2)nc2c1CN(C(=O)Cc1ccccn1)CC2. The normalized spacial score (nSPS) is 18.7. The van der Waals surface area contributed by atoms with E-state index in [0.29, 0.717) is 32.5 Å². The molecule has 0 aliphatic carbocycles. The summed E-state index contributed by atoms with van der Waals surface area (Å²) in [6, 6.07) is 5.62. The lowest BCUT2D eigenvalue weighted by Gasteiger charge is -2.33. The number of piperidine rings is 1. The van der Waals surface area contributed by atoms with Crippen LogP contribution in [-0.4, -0.2) is 63.2 Å². The van der Waals surface area contributed by atoms with Gasteiger partial charge in [-0.25, -0.2) is 9.97 Å². The molecule has 0 saturated carbocycles. The van der Waals surface area contributed by atoms with Crippen molar-refractivity contribution >= 4 is 17.6 Å². The van der Waals surface area contributed by atoms with Crippen LogP contribution in [-0.2, 0) is 29.0 Å². The van der Waals surface area contributed by atoms with E-state index in [9.17, 15) is 9.59 Å². The summed E-state index contributed by atoms with van der Waals surface area (Å²) in [4.78, 5) is 42.2. The molecule has 1 fully saturated rings. The molecule has 4 rings (SSSR count). The molecule has 0 aromatic carbocycles. The molecule has 30 heavy (non-hydrogen) atoms. The fraction of sp³-hybridized carbons (Fsp3) is 0.500. The van der Waals surface area contributed by atoms with Crippen LogP contribution in [0.5, 0.6) is 0 Å². The van der Waals surface area contributed by atoms with E-state index < -0.39 is 0 Å². The highest BCUT2D eigenvalue weighted by molar-refractivity contribution is 5.79. The molecule has 2 aromatic heterocycles. The number of hydrogen-bond acceptors (Lipinski definition) is 6. The van der Waals surface area contributed by atoms with E-state index in [1.54, 1.807) is 13.1 Å². The maximum absolute atomic E-state index is 12.8. The fourth-order valence-electron chi connectivity index (χ4n) is 4.28. The van der Waals surface area contributed by atoms with Gasteiger partial charge in [-0.15, -0.1) is 0 Å². The van der Waals surface area contributed by atoms with Gasteiger partial charge >= 0.3 is 0 Å². The predicted octanol–water partition coefficient (Wildman–Crippen LogP) is 1.77. The summed E-state index contributed by atoms with van der Waals surface area (Å²) in [6.07, 6.45) is 4.67. The number of nitrogens with zero attached hydrogens (tertiary/aromatic N) is 5. The molecule has 2 aliphatic rings. The van der Waals surface area contributed by atoms with Gasteiger partial charge in [-0.2, -0.15) is 0 Å². The first-order valence-corrected chi connectivity index (χ1v) is 10.6. The number of carbonyl (C=O) groups excluding carboxylic acids is 2. The largest absolute Gasteiger partial charge is 0.373 e. The van der Waals surface area contributed by atoms with E-state index in [0.717, 1.165) is 48.0 Å². The van der Waals surface area contributed by atoms with E-state index in [1.807, 2.05) is 35.0 Å². The number of nitrogens with one attached hydrogen (secondary N) is 1. The van der Waals surface area contributed by atoms with E-state index in [-0.39, 0.29) is 17.7 Å². The van der Waals surface area contributed by atoms with Crippen molar-refractivity contribution < 1.29 is 9.59 Å². The number of pyridine rings is 1. The van der Waals surface area contributed by atoms with Crippen LogP contribution in [0.25, 0.3) is 0 Å². The van der Waals surface area contributed by atoms with Crippen molar-refractivity contribution in [2.75, 3.05) is 32.0 Å². The molecule has 2 aliphatic heterocycles. The Balaban J connectivity index is 1.52. The van der Waals surface area contributed by atoms with E-state index >= 15 is 0 Å². The molecule has 1 N–H and O–H groups in total. The second-order valence-corrected chi connectivity index (χ2v) is 7.97. The number of likely N-dealkylation sites (tertiary alicyclic amines) is 1. The molecule has 4 heterocycles. The minimum atomic E-state index is 0.0647. The highest BCUT2D eigenvalue weighted by atomic mass is 16.2.